The highest BCUT2D eigenvalue weighted by molar-refractivity contribution is 7.10. The van der Waals surface area contributed by atoms with Crippen LogP contribution < -0.4 is 5.32 Å². The zero-order valence-electron chi connectivity index (χ0n) is 11.4. The second kappa shape index (κ2) is 5.06. The number of nitrogens with zero attached hydrogens (tertiary/aromatic N) is 1. The first-order valence-corrected chi connectivity index (χ1v) is 7.73. The first-order valence-electron chi connectivity index (χ1n) is 6.85. The lowest BCUT2D eigenvalue weighted by Gasteiger charge is -2.10. The minimum absolute atomic E-state index is 0.135. The Morgan fingerprint density at radius 1 is 1.27 bits per heavy atom. The number of nitrogens with one attached hydrogen (secondary N) is 1. The number of benzene rings is 1. The predicted octanol–water partition coefficient (Wildman–Crippen LogP) is 3.89. The SMILES string of the molecule is O=C(Nc1ccccc1F)c1noc2c1CCc1sccc1-2. The average molecular weight is 314 g/mol. The largest absolute Gasteiger partial charge is 0.355 e. The Balaban J connectivity index is 1.68. The van der Waals surface area contributed by atoms with E-state index in [-0.39, 0.29) is 11.4 Å². The maximum absolute atomic E-state index is 13.6. The van der Waals surface area contributed by atoms with E-state index >= 15 is 0 Å². The van der Waals surface area contributed by atoms with E-state index in [0.717, 1.165) is 17.5 Å². The molecule has 0 bridgehead atoms. The molecule has 110 valence electrons. The van der Waals surface area contributed by atoms with Crippen molar-refractivity contribution in [2.45, 2.75) is 12.8 Å². The van der Waals surface area contributed by atoms with Crippen molar-refractivity contribution in [1.29, 1.82) is 0 Å². The third-order valence-corrected chi connectivity index (χ3v) is 4.70. The van der Waals surface area contributed by atoms with Gasteiger partial charge in [0, 0.05) is 16.0 Å². The second-order valence-corrected chi connectivity index (χ2v) is 6.03. The van der Waals surface area contributed by atoms with Crippen molar-refractivity contribution in [3.8, 4) is 11.3 Å². The predicted molar refractivity (Wildman–Crippen MR) is 81.6 cm³/mol. The molecule has 2 aromatic heterocycles. The summed E-state index contributed by atoms with van der Waals surface area (Å²) < 4.78 is 19.0. The molecular formula is C16H11FN2O2S. The van der Waals surface area contributed by atoms with Crippen molar-refractivity contribution < 1.29 is 13.7 Å². The maximum Gasteiger partial charge on any atom is 0.278 e. The molecule has 1 N–H and O–H groups in total. The summed E-state index contributed by atoms with van der Waals surface area (Å²) in [6.45, 7) is 0. The van der Waals surface area contributed by atoms with Crippen LogP contribution in [-0.4, -0.2) is 11.1 Å². The molecule has 0 radical (unpaired) electrons. The van der Waals surface area contributed by atoms with Gasteiger partial charge < -0.3 is 9.84 Å². The molecule has 0 fully saturated rings. The number of anilines is 1. The van der Waals surface area contributed by atoms with Crippen LogP contribution in [0.2, 0.25) is 0 Å². The van der Waals surface area contributed by atoms with Crippen LogP contribution in [0.25, 0.3) is 11.3 Å². The lowest BCUT2D eigenvalue weighted by atomic mass is 9.95. The summed E-state index contributed by atoms with van der Waals surface area (Å²) in [6.07, 6.45) is 1.56. The maximum atomic E-state index is 13.6. The van der Waals surface area contributed by atoms with Crippen LogP contribution in [0.15, 0.2) is 40.2 Å². The summed E-state index contributed by atoms with van der Waals surface area (Å²) >= 11 is 1.67. The van der Waals surface area contributed by atoms with Gasteiger partial charge in [-0.1, -0.05) is 17.3 Å². The summed E-state index contributed by atoms with van der Waals surface area (Å²) in [5, 5.41) is 8.45. The molecule has 0 aliphatic heterocycles. The smallest absolute Gasteiger partial charge is 0.278 e. The quantitative estimate of drug-likeness (QED) is 0.780. The van der Waals surface area contributed by atoms with Gasteiger partial charge in [-0.05, 0) is 36.4 Å². The number of thiophene rings is 1. The van der Waals surface area contributed by atoms with Crippen molar-refractivity contribution in [3.05, 3.63) is 57.7 Å². The molecule has 4 nitrogen and oxygen atoms in total. The van der Waals surface area contributed by atoms with E-state index in [1.807, 2.05) is 11.4 Å². The fourth-order valence-electron chi connectivity index (χ4n) is 2.65. The van der Waals surface area contributed by atoms with Crippen LogP contribution in [0.4, 0.5) is 10.1 Å². The van der Waals surface area contributed by atoms with Crippen molar-refractivity contribution in [3.63, 3.8) is 0 Å². The van der Waals surface area contributed by atoms with Gasteiger partial charge in [-0.3, -0.25) is 4.79 Å². The summed E-state index contributed by atoms with van der Waals surface area (Å²) in [5.74, 6) is -0.275. The third-order valence-electron chi connectivity index (χ3n) is 3.72. The van der Waals surface area contributed by atoms with Gasteiger partial charge in [0.2, 0.25) is 0 Å². The van der Waals surface area contributed by atoms with Crippen LogP contribution in [0.5, 0.6) is 0 Å². The van der Waals surface area contributed by atoms with Crippen molar-refractivity contribution in [1.82, 2.24) is 5.16 Å². The van der Waals surface area contributed by atoms with Crippen LogP contribution >= 0.6 is 11.3 Å². The molecule has 1 aromatic carbocycles. The summed E-state index contributed by atoms with van der Waals surface area (Å²) in [4.78, 5) is 13.6. The normalized spacial score (nSPS) is 12.6. The van der Waals surface area contributed by atoms with E-state index in [2.05, 4.69) is 10.5 Å². The van der Waals surface area contributed by atoms with E-state index in [0.29, 0.717) is 12.2 Å². The number of fused-ring (bicyclic) bond motifs is 3. The number of aromatic nitrogens is 1. The van der Waals surface area contributed by atoms with Gasteiger partial charge in [0.1, 0.15) is 5.82 Å². The number of rotatable bonds is 2. The van der Waals surface area contributed by atoms with Gasteiger partial charge in [-0.25, -0.2) is 4.39 Å². The zero-order valence-corrected chi connectivity index (χ0v) is 12.2. The number of para-hydroxylation sites is 1. The minimum Gasteiger partial charge on any atom is -0.355 e. The Morgan fingerprint density at radius 3 is 3.00 bits per heavy atom. The number of amides is 1. The number of aryl methyl sites for hydroxylation is 1. The van der Waals surface area contributed by atoms with Gasteiger partial charge >= 0.3 is 0 Å². The van der Waals surface area contributed by atoms with Crippen molar-refractivity contribution in [2.24, 2.45) is 0 Å². The van der Waals surface area contributed by atoms with Crippen LogP contribution in [0.3, 0.4) is 0 Å². The van der Waals surface area contributed by atoms with Gasteiger partial charge in [0.15, 0.2) is 11.5 Å². The van der Waals surface area contributed by atoms with E-state index in [4.69, 9.17) is 4.52 Å². The molecule has 1 amide bonds. The Labute approximate surface area is 129 Å². The Hall–Kier alpha value is -2.47. The van der Waals surface area contributed by atoms with Crippen LogP contribution in [-0.2, 0) is 12.8 Å². The Kier molecular flexibility index (Phi) is 3.04. The summed E-state index contributed by atoms with van der Waals surface area (Å²) in [5.41, 5.74) is 2.16. The Morgan fingerprint density at radius 2 is 2.14 bits per heavy atom. The molecule has 3 aromatic rings. The van der Waals surface area contributed by atoms with E-state index in [1.165, 1.54) is 17.0 Å². The molecule has 0 spiro atoms. The molecule has 0 saturated carbocycles. The first-order chi connectivity index (χ1) is 10.7. The molecule has 2 heterocycles. The molecule has 1 aliphatic rings. The van der Waals surface area contributed by atoms with Gasteiger partial charge in [-0.15, -0.1) is 11.3 Å². The lowest BCUT2D eigenvalue weighted by Crippen LogP contribution is -2.16. The molecule has 0 unspecified atom stereocenters. The average Bonchev–Trinajstić information content (AvgIpc) is 3.14. The van der Waals surface area contributed by atoms with Crippen molar-refractivity contribution >= 4 is 22.9 Å². The van der Waals surface area contributed by atoms with Crippen LogP contribution in [0, 0.1) is 5.82 Å². The molecule has 6 heteroatoms. The number of hydrogen-bond donors (Lipinski definition) is 1. The number of hydrogen-bond acceptors (Lipinski definition) is 4. The van der Waals surface area contributed by atoms with E-state index < -0.39 is 11.7 Å². The zero-order chi connectivity index (χ0) is 15.1. The topological polar surface area (TPSA) is 55.1 Å². The summed E-state index contributed by atoms with van der Waals surface area (Å²) in [7, 11) is 0. The van der Waals surface area contributed by atoms with Crippen molar-refractivity contribution in [2.75, 3.05) is 5.32 Å². The highest BCUT2D eigenvalue weighted by Gasteiger charge is 2.28. The van der Waals surface area contributed by atoms with Gasteiger partial charge in [-0.2, -0.15) is 0 Å². The standard InChI is InChI=1S/C16H11FN2O2S/c17-11-3-1-2-4-12(11)18-16(20)14-10-5-6-13-9(7-8-22-13)15(10)21-19-14/h1-4,7-8H,5-6H2,(H,18,20). The fraction of sp³-hybridized carbons (Fsp3) is 0.125. The van der Waals surface area contributed by atoms with E-state index in [1.54, 1.807) is 23.5 Å². The monoisotopic (exact) mass is 314 g/mol. The highest BCUT2D eigenvalue weighted by Crippen LogP contribution is 2.38. The van der Waals surface area contributed by atoms with Gasteiger partial charge in [0.25, 0.3) is 5.91 Å². The summed E-state index contributed by atoms with van der Waals surface area (Å²) in [6, 6.07) is 8.01. The first kappa shape index (κ1) is 13.2. The third kappa shape index (κ3) is 2.03. The number of carbonyl (C=O) groups is 1. The minimum atomic E-state index is -0.478. The van der Waals surface area contributed by atoms with E-state index in [9.17, 15) is 9.18 Å². The molecule has 0 saturated heterocycles. The molecule has 22 heavy (non-hydrogen) atoms. The Bertz CT molecular complexity index is 869. The second-order valence-electron chi connectivity index (χ2n) is 5.03. The van der Waals surface area contributed by atoms with Crippen LogP contribution in [0.1, 0.15) is 20.9 Å². The molecule has 1 aliphatic carbocycles. The number of halogens is 1. The van der Waals surface area contributed by atoms with Gasteiger partial charge in [0.05, 0.1) is 5.69 Å². The fourth-order valence-corrected chi connectivity index (χ4v) is 3.53. The highest BCUT2D eigenvalue weighted by atomic mass is 32.1. The molecule has 0 atom stereocenters. The molecule has 4 rings (SSSR count). The number of carbonyl (C=O) groups excluding carboxylic acids is 1. The molecular weight excluding hydrogens is 303 g/mol. The lowest BCUT2D eigenvalue weighted by molar-refractivity contribution is 0.101.